The quantitative estimate of drug-likeness (QED) is 0.566. The molecule has 0 aliphatic carbocycles. The highest BCUT2D eigenvalue weighted by Crippen LogP contribution is 2.31. The molecule has 1 heterocycles. The predicted octanol–water partition coefficient (Wildman–Crippen LogP) is 3.12. The second-order valence-corrected chi connectivity index (χ2v) is 8.13. The molecule has 2 aromatic carbocycles. The van der Waals surface area contributed by atoms with Crippen LogP contribution >= 0.6 is 0 Å². The molecule has 0 unspecified atom stereocenters. The summed E-state index contributed by atoms with van der Waals surface area (Å²) in [5, 5.41) is 10.7. The third-order valence-electron chi connectivity index (χ3n) is 4.46. The molecule has 0 radical (unpaired) electrons. The number of anilines is 1. The van der Waals surface area contributed by atoms with Crippen LogP contribution in [0.1, 0.15) is 5.56 Å². The van der Waals surface area contributed by atoms with E-state index in [0.29, 0.717) is 24.8 Å². The van der Waals surface area contributed by atoms with Crippen LogP contribution in [0.5, 0.6) is 0 Å². The Morgan fingerprint density at radius 2 is 1.57 bits per heavy atom. The van der Waals surface area contributed by atoms with Crippen LogP contribution in [-0.2, 0) is 16.2 Å². The molecule has 0 saturated carbocycles. The van der Waals surface area contributed by atoms with E-state index in [-0.39, 0.29) is 18.8 Å². The predicted molar refractivity (Wildman–Crippen MR) is 95.5 cm³/mol. The average Bonchev–Trinajstić information content (AvgIpc) is 2.67. The molecule has 1 fully saturated rings. The summed E-state index contributed by atoms with van der Waals surface area (Å²) in [6.45, 7) is 0.817. The lowest BCUT2D eigenvalue weighted by atomic mass is 10.2. The van der Waals surface area contributed by atoms with E-state index in [4.69, 9.17) is 0 Å². The molecule has 0 atom stereocenters. The molecule has 0 N–H and O–H groups in total. The summed E-state index contributed by atoms with van der Waals surface area (Å²) in [7, 11) is -4.05. The van der Waals surface area contributed by atoms with Crippen LogP contribution in [0.2, 0.25) is 0 Å². The highest BCUT2D eigenvalue weighted by molar-refractivity contribution is 7.89. The first-order valence-electron chi connectivity index (χ1n) is 8.26. The molecule has 150 valence electrons. The SMILES string of the molecule is O=[N+]([O-])c1ccc(N2CCN(S(=O)(=O)c3cccc(C(F)(F)F)c3)CC2)cc1. The van der Waals surface area contributed by atoms with Crippen molar-refractivity contribution >= 4 is 21.4 Å². The largest absolute Gasteiger partial charge is 0.416 e. The third-order valence-corrected chi connectivity index (χ3v) is 6.36. The van der Waals surface area contributed by atoms with Crippen molar-refractivity contribution in [2.75, 3.05) is 31.1 Å². The molecular formula is C17H16F3N3O4S. The van der Waals surface area contributed by atoms with Crippen LogP contribution in [0.3, 0.4) is 0 Å². The van der Waals surface area contributed by atoms with Gasteiger partial charge in [0.15, 0.2) is 0 Å². The van der Waals surface area contributed by atoms with Crippen LogP contribution in [0.4, 0.5) is 24.5 Å². The maximum Gasteiger partial charge on any atom is 0.416 e. The Hall–Kier alpha value is -2.66. The second-order valence-electron chi connectivity index (χ2n) is 6.19. The summed E-state index contributed by atoms with van der Waals surface area (Å²) in [4.78, 5) is 11.7. The van der Waals surface area contributed by atoms with Crippen molar-refractivity contribution in [3.63, 3.8) is 0 Å². The minimum Gasteiger partial charge on any atom is -0.369 e. The van der Waals surface area contributed by atoms with Gasteiger partial charge in [-0.05, 0) is 30.3 Å². The van der Waals surface area contributed by atoms with E-state index >= 15 is 0 Å². The van der Waals surface area contributed by atoms with Crippen LogP contribution < -0.4 is 4.90 Å². The van der Waals surface area contributed by atoms with Crippen molar-refractivity contribution < 1.29 is 26.5 Å². The lowest BCUT2D eigenvalue weighted by Crippen LogP contribution is -2.48. The fraction of sp³-hybridized carbons (Fsp3) is 0.294. The van der Waals surface area contributed by atoms with E-state index in [1.807, 2.05) is 4.90 Å². The van der Waals surface area contributed by atoms with Gasteiger partial charge in [-0.1, -0.05) is 6.07 Å². The van der Waals surface area contributed by atoms with Crippen LogP contribution in [0.25, 0.3) is 0 Å². The Kier molecular flexibility index (Phi) is 5.31. The normalized spacial score (nSPS) is 16.2. The van der Waals surface area contributed by atoms with Gasteiger partial charge in [-0.25, -0.2) is 8.42 Å². The Bertz CT molecular complexity index is 970. The minimum absolute atomic E-state index is 0.0467. The Morgan fingerprint density at radius 3 is 2.11 bits per heavy atom. The van der Waals surface area contributed by atoms with E-state index in [2.05, 4.69) is 0 Å². The zero-order valence-electron chi connectivity index (χ0n) is 14.5. The average molecular weight is 415 g/mol. The number of hydrogen-bond acceptors (Lipinski definition) is 5. The third kappa shape index (κ3) is 4.09. The topological polar surface area (TPSA) is 83.8 Å². The van der Waals surface area contributed by atoms with Crippen LogP contribution in [0.15, 0.2) is 53.4 Å². The van der Waals surface area contributed by atoms with Crippen molar-refractivity contribution in [1.82, 2.24) is 4.31 Å². The van der Waals surface area contributed by atoms with Gasteiger partial charge in [0.1, 0.15) is 0 Å². The van der Waals surface area contributed by atoms with Gasteiger partial charge in [-0.2, -0.15) is 17.5 Å². The number of nitro groups is 1. The van der Waals surface area contributed by atoms with Crippen molar-refractivity contribution in [1.29, 1.82) is 0 Å². The zero-order chi connectivity index (χ0) is 20.5. The number of nitro benzene ring substituents is 1. The molecule has 1 saturated heterocycles. The molecule has 7 nitrogen and oxygen atoms in total. The molecule has 1 aliphatic heterocycles. The summed E-state index contributed by atoms with van der Waals surface area (Å²) in [5.74, 6) is 0. The van der Waals surface area contributed by atoms with Crippen molar-refractivity contribution in [2.45, 2.75) is 11.1 Å². The van der Waals surface area contributed by atoms with E-state index < -0.39 is 31.6 Å². The number of sulfonamides is 1. The lowest BCUT2D eigenvalue weighted by molar-refractivity contribution is -0.384. The smallest absolute Gasteiger partial charge is 0.369 e. The van der Waals surface area contributed by atoms with Crippen molar-refractivity contribution in [3.05, 3.63) is 64.2 Å². The first-order valence-corrected chi connectivity index (χ1v) is 9.70. The first kappa shape index (κ1) is 20.1. The van der Waals surface area contributed by atoms with Crippen LogP contribution in [0, 0.1) is 10.1 Å². The van der Waals surface area contributed by atoms with Crippen molar-refractivity contribution in [2.24, 2.45) is 0 Å². The molecule has 28 heavy (non-hydrogen) atoms. The van der Waals surface area contributed by atoms with E-state index in [0.717, 1.165) is 22.5 Å². The van der Waals surface area contributed by atoms with Crippen LogP contribution in [-0.4, -0.2) is 43.8 Å². The number of benzene rings is 2. The number of alkyl halides is 3. The number of piperazine rings is 1. The summed E-state index contributed by atoms with van der Waals surface area (Å²) in [6.07, 6.45) is -4.62. The molecule has 0 amide bonds. The molecule has 11 heteroatoms. The number of rotatable bonds is 4. The second kappa shape index (κ2) is 7.40. The Balaban J connectivity index is 1.72. The number of halogens is 3. The minimum atomic E-state index is -4.62. The zero-order valence-corrected chi connectivity index (χ0v) is 15.3. The maximum atomic E-state index is 12.9. The molecule has 0 bridgehead atoms. The highest BCUT2D eigenvalue weighted by atomic mass is 32.2. The maximum absolute atomic E-state index is 12.9. The van der Waals surface area contributed by atoms with Gasteiger partial charge in [0.2, 0.25) is 10.0 Å². The van der Waals surface area contributed by atoms with Gasteiger partial charge >= 0.3 is 6.18 Å². The van der Waals surface area contributed by atoms with E-state index in [9.17, 15) is 31.7 Å². The van der Waals surface area contributed by atoms with E-state index in [1.54, 1.807) is 12.1 Å². The molecule has 2 aromatic rings. The molecule has 1 aliphatic rings. The van der Waals surface area contributed by atoms with E-state index in [1.165, 1.54) is 12.1 Å². The monoisotopic (exact) mass is 415 g/mol. The molecule has 3 rings (SSSR count). The standard InChI is InChI=1S/C17H16F3N3O4S/c18-17(19,20)13-2-1-3-16(12-13)28(26,27)22-10-8-21(9-11-22)14-4-6-15(7-5-14)23(24)25/h1-7,12H,8-11H2. The number of non-ortho nitro benzene ring substituents is 1. The summed E-state index contributed by atoms with van der Waals surface area (Å²) in [5.41, 5.74) is -0.352. The van der Waals surface area contributed by atoms with Gasteiger partial charge in [-0.15, -0.1) is 0 Å². The molecule has 0 aromatic heterocycles. The molecule has 0 spiro atoms. The summed E-state index contributed by atoms with van der Waals surface area (Å²) < 4.78 is 65.1. The Labute approximate surface area is 159 Å². The summed E-state index contributed by atoms with van der Waals surface area (Å²) >= 11 is 0. The van der Waals surface area contributed by atoms with Gasteiger partial charge in [0.25, 0.3) is 5.69 Å². The Morgan fingerprint density at radius 1 is 0.964 bits per heavy atom. The molecular weight excluding hydrogens is 399 g/mol. The van der Waals surface area contributed by atoms with Gasteiger partial charge in [-0.3, -0.25) is 10.1 Å². The number of hydrogen-bond donors (Lipinski definition) is 0. The van der Waals surface area contributed by atoms with Gasteiger partial charge in [0, 0.05) is 44.0 Å². The van der Waals surface area contributed by atoms with Crippen molar-refractivity contribution in [3.8, 4) is 0 Å². The summed E-state index contributed by atoms with van der Waals surface area (Å²) in [6, 6.07) is 9.56. The fourth-order valence-corrected chi connectivity index (χ4v) is 4.42. The van der Waals surface area contributed by atoms with Gasteiger partial charge < -0.3 is 4.90 Å². The van der Waals surface area contributed by atoms with Gasteiger partial charge in [0.05, 0.1) is 15.4 Å². The lowest BCUT2D eigenvalue weighted by Gasteiger charge is -2.35. The fourth-order valence-electron chi connectivity index (χ4n) is 2.95. The first-order chi connectivity index (χ1) is 13.1. The number of nitrogens with zero attached hydrogens (tertiary/aromatic N) is 3. The highest BCUT2D eigenvalue weighted by Gasteiger charge is 2.34.